The zero-order valence-corrected chi connectivity index (χ0v) is 3.90. The van der Waals surface area contributed by atoms with Crippen LogP contribution in [-0.2, 0) is 19.5 Å². The summed E-state index contributed by atoms with van der Waals surface area (Å²) in [5.74, 6) is 0. The molecule has 0 heterocycles. The molecular weight excluding hydrogens is 111 g/mol. The molecule has 5 heavy (non-hydrogen) atoms. The van der Waals surface area contributed by atoms with Crippen molar-refractivity contribution in [1.82, 2.24) is 0 Å². The third kappa shape index (κ3) is 244. The van der Waals surface area contributed by atoms with E-state index < -0.39 is 0 Å². The Morgan fingerprint density at radius 1 is 1.40 bits per heavy atom. The van der Waals surface area contributed by atoms with Gasteiger partial charge in [0, 0.05) is 0 Å². The second-order valence-corrected chi connectivity index (χ2v) is 0.354. The first kappa shape index (κ1) is 9.00. The van der Waals surface area contributed by atoms with Gasteiger partial charge in [-0.2, -0.15) is 0 Å². The maximum atomic E-state index is 7.94. The summed E-state index contributed by atoms with van der Waals surface area (Å²) in [7, 11) is 0. The second kappa shape index (κ2) is 27.6. The fourth-order valence-corrected chi connectivity index (χ4v) is 0. The SMILES string of the molecule is [CH2-]C[CH2-].[O]=[Co]. The first-order chi connectivity index (χ1) is 2.41. The van der Waals surface area contributed by atoms with Crippen LogP contribution < -0.4 is 0 Å². The van der Waals surface area contributed by atoms with E-state index in [1.165, 1.54) is 0 Å². The monoisotopic (exact) mass is 117 g/mol. The molecule has 0 saturated carbocycles. The Hall–Kier alpha value is 0.306. The molecule has 0 radical (unpaired) electrons. The van der Waals surface area contributed by atoms with Crippen LogP contribution in [0.3, 0.4) is 0 Å². The predicted octanol–water partition coefficient (Wildman–Crippen LogP) is 0.923. The summed E-state index contributed by atoms with van der Waals surface area (Å²) in [6.45, 7) is 6.75. The Balaban J connectivity index is 0. The topological polar surface area (TPSA) is 17.1 Å². The minimum atomic E-state index is 0.750. The molecule has 0 atom stereocenters. The van der Waals surface area contributed by atoms with E-state index in [0.717, 1.165) is 6.42 Å². The number of rotatable bonds is 0. The van der Waals surface area contributed by atoms with Crippen molar-refractivity contribution >= 4 is 0 Å². The Morgan fingerprint density at radius 2 is 1.40 bits per heavy atom. The van der Waals surface area contributed by atoms with E-state index in [2.05, 4.69) is 29.5 Å². The van der Waals surface area contributed by atoms with Crippen molar-refractivity contribution in [2.75, 3.05) is 0 Å². The molecule has 0 aliphatic heterocycles. The molecule has 2 heteroatoms. The third-order valence-electron chi connectivity index (χ3n) is 0. The van der Waals surface area contributed by atoms with Crippen molar-refractivity contribution in [2.24, 2.45) is 0 Å². The summed E-state index contributed by atoms with van der Waals surface area (Å²) in [5, 5.41) is 0. The van der Waals surface area contributed by atoms with Crippen molar-refractivity contribution < 1.29 is 19.5 Å². The summed E-state index contributed by atoms with van der Waals surface area (Å²) in [4.78, 5) is 0. The van der Waals surface area contributed by atoms with Gasteiger partial charge in [-0.1, -0.05) is 0 Å². The van der Waals surface area contributed by atoms with Gasteiger partial charge in [-0.15, -0.1) is 0 Å². The summed E-state index contributed by atoms with van der Waals surface area (Å²) in [6.07, 6.45) is 0.750. The van der Waals surface area contributed by atoms with Crippen LogP contribution in [0.5, 0.6) is 0 Å². The molecule has 0 aliphatic carbocycles. The van der Waals surface area contributed by atoms with Gasteiger partial charge in [0.05, 0.1) is 0 Å². The molecule has 0 bridgehead atoms. The summed E-state index contributed by atoms with van der Waals surface area (Å²) in [5.41, 5.74) is 0. The van der Waals surface area contributed by atoms with Gasteiger partial charge in [-0.3, -0.25) is 0 Å². The van der Waals surface area contributed by atoms with Gasteiger partial charge >= 0.3 is 19.5 Å². The first-order valence-electron chi connectivity index (χ1n) is 1.14. The van der Waals surface area contributed by atoms with Crippen molar-refractivity contribution in [3.63, 3.8) is 0 Å². The van der Waals surface area contributed by atoms with E-state index in [9.17, 15) is 0 Å². The van der Waals surface area contributed by atoms with E-state index in [-0.39, 0.29) is 0 Å². The van der Waals surface area contributed by atoms with Crippen molar-refractivity contribution in [1.29, 1.82) is 0 Å². The molecular formula is C3H6CoO-2. The van der Waals surface area contributed by atoms with Crippen LogP contribution in [0, 0.1) is 13.8 Å². The van der Waals surface area contributed by atoms with Gasteiger partial charge in [0.2, 0.25) is 0 Å². The number of hydrogen-bond donors (Lipinski definition) is 0. The molecule has 0 unspecified atom stereocenters. The van der Waals surface area contributed by atoms with Crippen molar-refractivity contribution in [3.8, 4) is 0 Å². The molecule has 0 aromatic rings. The summed E-state index contributed by atoms with van der Waals surface area (Å²) in [6, 6.07) is 0. The minimum absolute atomic E-state index is 0.750. The average molecular weight is 117 g/mol. The van der Waals surface area contributed by atoms with Gasteiger partial charge in [0.15, 0.2) is 0 Å². The molecule has 35 valence electrons. The van der Waals surface area contributed by atoms with Crippen molar-refractivity contribution in [3.05, 3.63) is 13.8 Å². The Labute approximate surface area is 40.5 Å². The van der Waals surface area contributed by atoms with E-state index in [4.69, 9.17) is 3.87 Å². The summed E-state index contributed by atoms with van der Waals surface area (Å²) >= 11 is 2.31. The molecule has 0 fully saturated rings. The Kier molecular flexibility index (Phi) is 49.7. The molecule has 1 nitrogen and oxygen atoms in total. The second-order valence-electron chi connectivity index (χ2n) is 0.354. The van der Waals surface area contributed by atoms with E-state index in [1.807, 2.05) is 0 Å². The van der Waals surface area contributed by atoms with Crippen LogP contribution in [0.1, 0.15) is 6.42 Å². The first-order valence-corrected chi connectivity index (χ1v) is 1.56. The number of hydrogen-bond acceptors (Lipinski definition) is 1. The van der Waals surface area contributed by atoms with Gasteiger partial charge in [-0.25, -0.2) is 0 Å². The van der Waals surface area contributed by atoms with Gasteiger partial charge in [-0.05, 0) is 0 Å². The van der Waals surface area contributed by atoms with E-state index in [0.29, 0.717) is 0 Å². The fraction of sp³-hybridized carbons (Fsp3) is 0.333. The van der Waals surface area contributed by atoms with Crippen LogP contribution in [0.4, 0.5) is 0 Å². The summed E-state index contributed by atoms with van der Waals surface area (Å²) < 4.78 is 7.94. The third-order valence-corrected chi connectivity index (χ3v) is 0. The molecule has 0 N–H and O–H groups in total. The standard InChI is InChI=1S/C3H6.Co.O/c1-3-2;;/h1-3H2;;/q-2;;. The van der Waals surface area contributed by atoms with Crippen molar-refractivity contribution in [2.45, 2.75) is 6.42 Å². The van der Waals surface area contributed by atoms with Gasteiger partial charge in [0.1, 0.15) is 0 Å². The molecule has 0 spiro atoms. The Morgan fingerprint density at radius 3 is 1.40 bits per heavy atom. The van der Waals surface area contributed by atoms with Crippen LogP contribution in [-0.4, -0.2) is 0 Å². The normalized spacial score (nSPS) is 4.60. The average Bonchev–Trinajstić information content (AvgIpc) is 1.46. The molecule has 0 aliphatic rings. The van der Waals surface area contributed by atoms with Crippen LogP contribution in [0.2, 0.25) is 0 Å². The fourth-order valence-electron chi connectivity index (χ4n) is 0. The predicted molar refractivity (Wildman–Crippen MR) is 16.0 cm³/mol. The van der Waals surface area contributed by atoms with Crippen LogP contribution >= 0.6 is 0 Å². The van der Waals surface area contributed by atoms with E-state index >= 15 is 0 Å². The van der Waals surface area contributed by atoms with Gasteiger partial charge < -0.3 is 20.3 Å². The molecule has 0 aromatic carbocycles. The molecule has 0 rings (SSSR count). The molecule has 0 aromatic heterocycles. The zero-order chi connectivity index (χ0) is 4.71. The maximum absolute atomic E-state index is 7.94. The zero-order valence-electron chi connectivity index (χ0n) is 2.86. The Bertz CT molecular complexity index is 10.9. The van der Waals surface area contributed by atoms with Crippen LogP contribution in [0.25, 0.3) is 0 Å². The molecule has 0 amide bonds. The van der Waals surface area contributed by atoms with Gasteiger partial charge in [0.25, 0.3) is 0 Å². The van der Waals surface area contributed by atoms with Crippen LogP contribution in [0.15, 0.2) is 0 Å². The van der Waals surface area contributed by atoms with E-state index in [1.54, 1.807) is 0 Å². The quantitative estimate of drug-likeness (QED) is 0.431. The molecule has 0 saturated heterocycles.